The molecule has 0 bridgehead atoms. The average Bonchev–Trinajstić information content (AvgIpc) is 2.70. The van der Waals surface area contributed by atoms with E-state index in [2.05, 4.69) is 11.1 Å². The first-order chi connectivity index (χ1) is 14.1. The van der Waals surface area contributed by atoms with Gasteiger partial charge in [0.25, 0.3) is 0 Å². The number of carbonyl (C=O) groups is 1. The van der Waals surface area contributed by atoms with Crippen molar-refractivity contribution < 1.29 is 14.3 Å². The number of rotatable bonds is 12. The van der Waals surface area contributed by atoms with Gasteiger partial charge in [0, 0.05) is 12.5 Å². The van der Waals surface area contributed by atoms with Crippen LogP contribution in [0.1, 0.15) is 69.8 Å². The Morgan fingerprint density at radius 2 is 1.55 bits per heavy atom. The molecule has 1 heterocycles. The number of hydrogen-bond acceptors (Lipinski definition) is 4. The summed E-state index contributed by atoms with van der Waals surface area (Å²) in [5.41, 5.74) is 3.40. The van der Waals surface area contributed by atoms with E-state index < -0.39 is 5.97 Å². The third-order valence-corrected chi connectivity index (χ3v) is 5.27. The molecule has 1 aliphatic carbocycles. The highest BCUT2D eigenvalue weighted by atomic mass is 16.4. The lowest BCUT2D eigenvalue weighted by molar-refractivity contribution is -0.137. The number of fused-ring (bicyclic) bond motifs is 2. The van der Waals surface area contributed by atoms with Crippen LogP contribution in [0.3, 0.4) is 0 Å². The number of aliphatic carboxylic acids is 1. The van der Waals surface area contributed by atoms with Crippen LogP contribution in [0.2, 0.25) is 0 Å². The summed E-state index contributed by atoms with van der Waals surface area (Å²) < 4.78 is 5.89. The maximum Gasteiger partial charge on any atom is 0.303 e. The van der Waals surface area contributed by atoms with E-state index in [-0.39, 0.29) is 5.43 Å². The second-order valence-electron chi connectivity index (χ2n) is 7.72. The van der Waals surface area contributed by atoms with Gasteiger partial charge in [-0.05, 0) is 49.1 Å². The van der Waals surface area contributed by atoms with Crippen LogP contribution in [0.15, 0.2) is 45.6 Å². The number of unbranched alkanes of at least 4 members (excludes halogenated alkanes) is 8. The molecule has 0 radical (unpaired) electrons. The molecule has 0 aromatic heterocycles. The smallest absolute Gasteiger partial charge is 0.303 e. The van der Waals surface area contributed by atoms with Gasteiger partial charge in [-0.3, -0.25) is 9.59 Å². The van der Waals surface area contributed by atoms with Crippen LogP contribution < -0.4 is 5.43 Å². The van der Waals surface area contributed by atoms with Crippen molar-refractivity contribution >= 4 is 17.1 Å². The summed E-state index contributed by atoms with van der Waals surface area (Å²) in [5.74, 6) is -0.156. The lowest BCUT2D eigenvalue weighted by Crippen LogP contribution is -1.99. The minimum atomic E-state index is -0.689. The fraction of sp³-hybridized carbons (Fsp3) is 0.458. The molecule has 0 spiro atoms. The molecule has 1 aromatic rings. The number of aryl methyl sites for hydroxylation is 1. The molecule has 0 amide bonds. The van der Waals surface area contributed by atoms with E-state index >= 15 is 0 Å². The van der Waals surface area contributed by atoms with Crippen LogP contribution in [0.4, 0.5) is 0 Å². The van der Waals surface area contributed by atoms with Gasteiger partial charge in [-0.25, -0.2) is 4.98 Å². The fourth-order valence-corrected chi connectivity index (χ4v) is 3.65. The largest absolute Gasteiger partial charge is 0.481 e. The molecule has 154 valence electrons. The molecule has 2 aliphatic rings. The van der Waals surface area contributed by atoms with Crippen LogP contribution in [-0.2, 0) is 11.2 Å². The number of aromatic nitrogens is 1. The van der Waals surface area contributed by atoms with Crippen molar-refractivity contribution in [2.24, 2.45) is 0 Å². The minimum absolute atomic E-state index is 0.0705. The first-order valence-corrected chi connectivity index (χ1v) is 10.7. The first kappa shape index (κ1) is 21.0. The quantitative estimate of drug-likeness (QED) is 0.309. The Kier molecular flexibility index (Phi) is 7.79. The van der Waals surface area contributed by atoms with Gasteiger partial charge < -0.3 is 9.52 Å². The number of carboxylic acids is 1. The fourth-order valence-electron chi connectivity index (χ4n) is 3.65. The molecular formula is C24H29NO4. The van der Waals surface area contributed by atoms with Crippen molar-refractivity contribution in [3.8, 4) is 11.5 Å². The minimum Gasteiger partial charge on any atom is -0.481 e. The molecular weight excluding hydrogens is 366 g/mol. The summed E-state index contributed by atoms with van der Waals surface area (Å²) in [6.45, 7) is 0. The molecule has 0 saturated heterocycles. The summed E-state index contributed by atoms with van der Waals surface area (Å²) in [7, 11) is 0. The van der Waals surface area contributed by atoms with Gasteiger partial charge in [0.05, 0.1) is 0 Å². The lowest BCUT2D eigenvalue weighted by atomic mass is 10.0. The Hall–Kier alpha value is -2.69. The Bertz CT molecular complexity index is 963. The molecule has 29 heavy (non-hydrogen) atoms. The van der Waals surface area contributed by atoms with Crippen LogP contribution in [-0.4, -0.2) is 16.1 Å². The monoisotopic (exact) mass is 395 g/mol. The van der Waals surface area contributed by atoms with Gasteiger partial charge in [0.15, 0.2) is 16.8 Å². The Morgan fingerprint density at radius 3 is 2.28 bits per heavy atom. The van der Waals surface area contributed by atoms with Gasteiger partial charge in [-0.1, -0.05) is 51.0 Å². The van der Waals surface area contributed by atoms with E-state index in [1.54, 1.807) is 6.07 Å². The van der Waals surface area contributed by atoms with Crippen molar-refractivity contribution in [3.05, 3.63) is 52.2 Å². The molecule has 0 fully saturated rings. The standard InChI is InChI=1S/C24H29NO4/c26-19-13-15-21-23(17-19)29-22-16-18(12-14-20(22)25-21)10-8-6-4-2-1-3-5-7-9-11-24(27)28/h12-17H,1-11H2,(H,27,28). The van der Waals surface area contributed by atoms with Gasteiger partial charge in [-0.2, -0.15) is 0 Å². The van der Waals surface area contributed by atoms with Crippen molar-refractivity contribution in [1.29, 1.82) is 0 Å². The van der Waals surface area contributed by atoms with Crippen molar-refractivity contribution in [2.75, 3.05) is 0 Å². The number of nitrogens with zero attached hydrogens (tertiary/aromatic N) is 1. The van der Waals surface area contributed by atoms with Crippen LogP contribution in [0.25, 0.3) is 22.6 Å². The topological polar surface area (TPSA) is 80.4 Å². The molecule has 5 heteroatoms. The van der Waals surface area contributed by atoms with Crippen LogP contribution >= 0.6 is 0 Å². The van der Waals surface area contributed by atoms with Gasteiger partial charge in [0.2, 0.25) is 0 Å². The highest BCUT2D eigenvalue weighted by Crippen LogP contribution is 2.24. The number of carboxylic acid groups (broad SMARTS) is 1. The van der Waals surface area contributed by atoms with E-state index in [0.717, 1.165) is 43.2 Å². The maximum absolute atomic E-state index is 11.5. The van der Waals surface area contributed by atoms with Gasteiger partial charge >= 0.3 is 5.97 Å². The maximum atomic E-state index is 11.5. The predicted octanol–water partition coefficient (Wildman–Crippen LogP) is 5.82. The molecule has 3 rings (SSSR count). The van der Waals surface area contributed by atoms with E-state index in [1.807, 2.05) is 12.1 Å². The summed E-state index contributed by atoms with van der Waals surface area (Å²) in [5, 5.41) is 8.60. The zero-order chi connectivity index (χ0) is 20.5. The summed E-state index contributed by atoms with van der Waals surface area (Å²) in [6.07, 6.45) is 11.6. The Balaban J connectivity index is 1.37. The molecule has 1 N–H and O–H groups in total. The van der Waals surface area contributed by atoms with Gasteiger partial charge in [0.1, 0.15) is 11.2 Å². The lowest BCUT2D eigenvalue weighted by Gasteiger charge is -2.07. The SMILES string of the molecule is O=C(O)CCCCCCCCCCCc1ccc2nc3ccc(=O)cc-3oc2c1. The van der Waals surface area contributed by atoms with Crippen molar-refractivity contribution in [2.45, 2.75) is 70.6 Å². The summed E-state index contributed by atoms with van der Waals surface area (Å²) in [6, 6.07) is 10.8. The number of benzene rings is 2. The van der Waals surface area contributed by atoms with Crippen molar-refractivity contribution in [1.82, 2.24) is 4.98 Å². The molecule has 1 aromatic carbocycles. The molecule has 0 saturated carbocycles. The molecule has 1 aliphatic heterocycles. The molecule has 5 nitrogen and oxygen atoms in total. The number of hydrogen-bond donors (Lipinski definition) is 1. The van der Waals surface area contributed by atoms with Crippen molar-refractivity contribution in [3.63, 3.8) is 0 Å². The van der Waals surface area contributed by atoms with Crippen LogP contribution in [0.5, 0.6) is 0 Å². The van der Waals surface area contributed by atoms with E-state index in [4.69, 9.17) is 9.52 Å². The summed E-state index contributed by atoms with van der Waals surface area (Å²) in [4.78, 5) is 26.5. The third-order valence-electron chi connectivity index (χ3n) is 5.27. The Labute approximate surface area is 171 Å². The highest BCUT2D eigenvalue weighted by molar-refractivity contribution is 5.76. The second kappa shape index (κ2) is 10.7. The zero-order valence-corrected chi connectivity index (χ0v) is 16.9. The summed E-state index contributed by atoms with van der Waals surface area (Å²) >= 11 is 0. The van der Waals surface area contributed by atoms with E-state index in [1.165, 1.54) is 49.8 Å². The van der Waals surface area contributed by atoms with E-state index in [9.17, 15) is 9.59 Å². The predicted molar refractivity (Wildman–Crippen MR) is 114 cm³/mol. The normalized spacial score (nSPS) is 11.3. The van der Waals surface area contributed by atoms with Crippen LogP contribution in [0, 0.1) is 0 Å². The van der Waals surface area contributed by atoms with Gasteiger partial charge in [-0.15, -0.1) is 0 Å². The molecule has 0 atom stereocenters. The van der Waals surface area contributed by atoms with E-state index in [0.29, 0.717) is 17.9 Å². The molecule has 0 unspecified atom stereocenters. The zero-order valence-electron chi connectivity index (χ0n) is 16.9. The third kappa shape index (κ3) is 6.70. The average molecular weight is 395 g/mol. The highest BCUT2D eigenvalue weighted by Gasteiger charge is 2.09. The Morgan fingerprint density at radius 1 is 0.862 bits per heavy atom. The first-order valence-electron chi connectivity index (χ1n) is 10.7. The second-order valence-corrected chi connectivity index (χ2v) is 7.72.